The van der Waals surface area contributed by atoms with Crippen LogP contribution in [0.1, 0.15) is 22.7 Å². The number of halogens is 1. The third-order valence-electron chi connectivity index (χ3n) is 4.66. The maximum atomic E-state index is 13.4. The Morgan fingerprint density at radius 2 is 2.00 bits per heavy atom. The van der Waals surface area contributed by atoms with Gasteiger partial charge in [0.1, 0.15) is 23.2 Å². The molecule has 0 spiro atoms. The lowest BCUT2D eigenvalue weighted by Gasteiger charge is -2.27. The van der Waals surface area contributed by atoms with Crippen molar-refractivity contribution in [1.29, 1.82) is 5.26 Å². The Labute approximate surface area is 156 Å². The van der Waals surface area contributed by atoms with Crippen molar-refractivity contribution in [3.05, 3.63) is 74.8 Å². The van der Waals surface area contributed by atoms with Crippen molar-refractivity contribution in [3.63, 3.8) is 0 Å². The van der Waals surface area contributed by atoms with Crippen molar-refractivity contribution < 1.29 is 9.13 Å². The quantitative estimate of drug-likeness (QED) is 0.893. The fraction of sp³-hybridized carbons (Fsp3) is 0.300. The zero-order valence-electron chi connectivity index (χ0n) is 15.5. The molecular weight excluding hydrogens is 347 g/mol. The third kappa shape index (κ3) is 3.44. The first kappa shape index (κ1) is 18.7. The van der Waals surface area contributed by atoms with E-state index in [2.05, 4.69) is 0 Å². The van der Waals surface area contributed by atoms with Gasteiger partial charge in [-0.1, -0.05) is 12.1 Å². The summed E-state index contributed by atoms with van der Waals surface area (Å²) in [6.45, 7) is 3.01. The smallest absolute Gasteiger partial charge is 0.258 e. The van der Waals surface area contributed by atoms with Gasteiger partial charge in [-0.2, -0.15) is 5.26 Å². The monoisotopic (exact) mass is 368 g/mol. The van der Waals surface area contributed by atoms with Crippen LogP contribution in [0.4, 0.5) is 4.39 Å². The maximum Gasteiger partial charge on any atom is 0.258 e. The summed E-state index contributed by atoms with van der Waals surface area (Å²) in [5.41, 5.74) is 7.55. The summed E-state index contributed by atoms with van der Waals surface area (Å²) in [5.74, 6) is -0.791. The summed E-state index contributed by atoms with van der Waals surface area (Å²) in [6.07, 6.45) is 0. The Morgan fingerprint density at radius 1 is 1.33 bits per heavy atom. The summed E-state index contributed by atoms with van der Waals surface area (Å²) < 4.78 is 20.6. The number of nitrogens with two attached hydrogens (primary N) is 1. The van der Waals surface area contributed by atoms with Crippen molar-refractivity contribution in [2.24, 2.45) is 5.73 Å². The van der Waals surface area contributed by atoms with E-state index >= 15 is 0 Å². The topological polar surface area (TPSA) is 84.3 Å². The van der Waals surface area contributed by atoms with Crippen LogP contribution in [0.25, 0.3) is 0 Å². The number of hydrogen-bond acceptors (Lipinski definition) is 5. The van der Waals surface area contributed by atoms with Gasteiger partial charge in [0.15, 0.2) is 0 Å². The lowest BCUT2D eigenvalue weighted by atomic mass is 9.84. The standard InChI is InChI=1S/C20H21FN4O2/c1-12-10-16-18(20(26)25(12)9-8-24(2)3)17(15(11-22)19(23)27-16)13-4-6-14(21)7-5-13/h4-7,10,17H,8-9,23H2,1-3H3/t17-/m0/s1. The van der Waals surface area contributed by atoms with Gasteiger partial charge >= 0.3 is 0 Å². The molecule has 0 radical (unpaired) electrons. The largest absolute Gasteiger partial charge is 0.440 e. The first-order valence-corrected chi connectivity index (χ1v) is 8.55. The molecule has 0 bridgehead atoms. The van der Waals surface area contributed by atoms with Crippen molar-refractivity contribution >= 4 is 0 Å². The summed E-state index contributed by atoms with van der Waals surface area (Å²) >= 11 is 0. The predicted molar refractivity (Wildman–Crippen MR) is 99.7 cm³/mol. The number of nitrogens with zero attached hydrogens (tertiary/aromatic N) is 3. The summed E-state index contributed by atoms with van der Waals surface area (Å²) in [7, 11) is 3.86. The van der Waals surface area contributed by atoms with Crippen LogP contribution in [0.15, 0.2) is 46.6 Å². The van der Waals surface area contributed by atoms with Crippen LogP contribution < -0.4 is 16.0 Å². The van der Waals surface area contributed by atoms with Crippen molar-refractivity contribution in [1.82, 2.24) is 9.47 Å². The number of nitriles is 1. The Kier molecular flexibility index (Phi) is 5.02. The highest BCUT2D eigenvalue weighted by molar-refractivity contribution is 5.55. The molecule has 1 aliphatic heterocycles. The Balaban J connectivity index is 2.22. The number of allylic oxidation sites excluding steroid dienone is 1. The van der Waals surface area contributed by atoms with Gasteiger partial charge in [0.2, 0.25) is 5.88 Å². The van der Waals surface area contributed by atoms with Crippen molar-refractivity contribution in [2.45, 2.75) is 19.4 Å². The highest BCUT2D eigenvalue weighted by atomic mass is 19.1. The predicted octanol–water partition coefficient (Wildman–Crippen LogP) is 2.08. The number of hydrogen-bond donors (Lipinski definition) is 1. The average molecular weight is 368 g/mol. The van der Waals surface area contributed by atoms with Gasteiger partial charge < -0.3 is 19.9 Å². The number of benzene rings is 1. The third-order valence-corrected chi connectivity index (χ3v) is 4.66. The molecule has 3 rings (SSSR count). The van der Waals surface area contributed by atoms with Gasteiger partial charge in [-0.05, 0) is 38.7 Å². The van der Waals surface area contributed by atoms with Crippen LogP contribution in [-0.4, -0.2) is 30.1 Å². The number of fused-ring (bicyclic) bond motifs is 1. The van der Waals surface area contributed by atoms with Crippen LogP contribution in [0.5, 0.6) is 5.75 Å². The molecule has 1 aromatic heterocycles. The molecule has 1 aliphatic rings. The molecule has 0 saturated heterocycles. The molecular formula is C20H21FN4O2. The zero-order chi connectivity index (χ0) is 19.7. The van der Waals surface area contributed by atoms with E-state index in [4.69, 9.17) is 10.5 Å². The van der Waals surface area contributed by atoms with E-state index in [0.717, 1.165) is 5.69 Å². The second kappa shape index (κ2) is 7.25. The minimum Gasteiger partial charge on any atom is -0.440 e. The van der Waals surface area contributed by atoms with Gasteiger partial charge in [0.25, 0.3) is 5.56 Å². The van der Waals surface area contributed by atoms with E-state index in [0.29, 0.717) is 30.0 Å². The van der Waals surface area contributed by atoms with E-state index in [9.17, 15) is 14.4 Å². The Hall–Kier alpha value is -3.11. The maximum absolute atomic E-state index is 13.4. The molecule has 27 heavy (non-hydrogen) atoms. The molecule has 6 nitrogen and oxygen atoms in total. The summed E-state index contributed by atoms with van der Waals surface area (Å²) in [4.78, 5) is 15.3. The zero-order valence-corrected chi connectivity index (χ0v) is 15.5. The molecule has 2 aromatic rings. The second-order valence-electron chi connectivity index (χ2n) is 6.80. The lowest BCUT2D eigenvalue weighted by Crippen LogP contribution is -2.34. The van der Waals surface area contributed by atoms with Crippen molar-refractivity contribution in [2.75, 3.05) is 20.6 Å². The van der Waals surface area contributed by atoms with Gasteiger partial charge in [0.05, 0.1) is 11.5 Å². The van der Waals surface area contributed by atoms with E-state index in [-0.39, 0.29) is 17.0 Å². The fourth-order valence-corrected chi connectivity index (χ4v) is 3.25. The van der Waals surface area contributed by atoms with Crippen LogP contribution in [-0.2, 0) is 6.54 Å². The highest BCUT2D eigenvalue weighted by Crippen LogP contribution is 2.40. The van der Waals surface area contributed by atoms with Gasteiger partial charge in [0, 0.05) is 24.8 Å². The summed E-state index contributed by atoms with van der Waals surface area (Å²) in [6, 6.07) is 9.52. The number of aromatic nitrogens is 1. The molecule has 0 aliphatic carbocycles. The second-order valence-corrected chi connectivity index (χ2v) is 6.80. The number of rotatable bonds is 4. The van der Waals surface area contributed by atoms with Crippen LogP contribution in [0.2, 0.25) is 0 Å². The van der Waals surface area contributed by atoms with Crippen LogP contribution in [0, 0.1) is 24.1 Å². The molecule has 7 heteroatoms. The SMILES string of the molecule is Cc1cc2c(c(=O)n1CCN(C)C)[C@@H](c1ccc(F)cc1)C(C#N)=C(N)O2. The molecule has 2 N–H and O–H groups in total. The molecule has 0 amide bonds. The van der Waals surface area contributed by atoms with E-state index in [1.165, 1.54) is 12.1 Å². The molecule has 1 aromatic carbocycles. The Bertz CT molecular complexity index is 1000. The fourth-order valence-electron chi connectivity index (χ4n) is 3.25. The lowest BCUT2D eigenvalue weighted by molar-refractivity contribution is 0.369. The highest BCUT2D eigenvalue weighted by Gasteiger charge is 2.34. The minimum absolute atomic E-state index is 0.0378. The van der Waals surface area contributed by atoms with Crippen molar-refractivity contribution in [3.8, 4) is 11.8 Å². The number of aryl methyl sites for hydroxylation is 1. The molecule has 2 heterocycles. The molecule has 0 unspecified atom stereocenters. The van der Waals surface area contributed by atoms with Gasteiger partial charge in [-0.25, -0.2) is 4.39 Å². The van der Waals surface area contributed by atoms with Crippen LogP contribution >= 0.6 is 0 Å². The van der Waals surface area contributed by atoms with E-state index in [1.807, 2.05) is 32.0 Å². The summed E-state index contributed by atoms with van der Waals surface area (Å²) in [5, 5.41) is 9.61. The molecule has 1 atom stereocenters. The van der Waals surface area contributed by atoms with Gasteiger partial charge in [-0.3, -0.25) is 4.79 Å². The average Bonchev–Trinajstić information content (AvgIpc) is 2.61. The first-order chi connectivity index (χ1) is 12.8. The number of pyridine rings is 1. The first-order valence-electron chi connectivity index (χ1n) is 8.55. The van der Waals surface area contributed by atoms with E-state index in [1.54, 1.807) is 22.8 Å². The molecule has 140 valence electrons. The van der Waals surface area contributed by atoms with Gasteiger partial charge in [-0.15, -0.1) is 0 Å². The normalized spacial score (nSPS) is 16.1. The van der Waals surface area contributed by atoms with E-state index < -0.39 is 11.7 Å². The number of ether oxygens (including phenoxy) is 1. The van der Waals surface area contributed by atoms with Crippen LogP contribution in [0.3, 0.4) is 0 Å². The molecule has 0 fully saturated rings. The Morgan fingerprint density at radius 3 is 2.59 bits per heavy atom. The number of likely N-dealkylation sites (N-methyl/N-ethyl adjacent to an activating group) is 1. The minimum atomic E-state index is -0.696. The molecule has 0 saturated carbocycles.